The fraction of sp³-hybridized carbons (Fsp3) is 0.600. The van der Waals surface area contributed by atoms with Crippen LogP contribution < -0.4 is 0 Å². The minimum Gasteiger partial charge on any atom is -0.130 e. The summed E-state index contributed by atoms with van der Waals surface area (Å²) in [4.78, 5) is 1.23. The maximum absolute atomic E-state index is 6.41. The van der Waals surface area contributed by atoms with Gasteiger partial charge in [0.1, 0.15) is 0 Å². The van der Waals surface area contributed by atoms with Crippen molar-refractivity contribution in [1.29, 1.82) is 0 Å². The first-order chi connectivity index (χ1) is 6.43. The van der Waals surface area contributed by atoms with Crippen LogP contribution in [0.25, 0.3) is 0 Å². The molecule has 4 heteroatoms. The molecule has 2 unspecified atom stereocenters. The van der Waals surface area contributed by atoms with Gasteiger partial charge in [0.2, 0.25) is 0 Å². The highest BCUT2D eigenvalue weighted by atomic mass is 79.9. The van der Waals surface area contributed by atoms with E-state index in [-0.39, 0.29) is 5.38 Å². The van der Waals surface area contributed by atoms with Gasteiger partial charge in [-0.05, 0) is 49.8 Å². The van der Waals surface area contributed by atoms with Gasteiger partial charge in [-0.3, -0.25) is 0 Å². The highest BCUT2D eigenvalue weighted by Gasteiger charge is 2.22. The molecule has 0 aromatic carbocycles. The quantitative estimate of drug-likeness (QED) is 0.594. The van der Waals surface area contributed by atoms with Gasteiger partial charge < -0.3 is 0 Å². The maximum atomic E-state index is 6.41. The van der Waals surface area contributed by atoms with E-state index in [1.54, 1.807) is 11.3 Å². The Morgan fingerprint density at radius 3 is 2.21 bits per heavy atom. The van der Waals surface area contributed by atoms with E-state index in [9.17, 15) is 0 Å². The van der Waals surface area contributed by atoms with Gasteiger partial charge in [-0.1, -0.05) is 20.8 Å². The summed E-state index contributed by atoms with van der Waals surface area (Å²) in [6, 6.07) is 2.10. The standard InChI is InChI=1S/C10H13Br2ClS/c1-5(2)6(3)9(13)8-4-7(11)10(12)14-8/h4-6,9H,1-3H3. The first-order valence-corrected chi connectivity index (χ1v) is 7.36. The molecule has 0 amide bonds. The zero-order valence-corrected chi connectivity index (χ0v) is 13.1. The monoisotopic (exact) mass is 358 g/mol. The third kappa shape index (κ3) is 2.97. The van der Waals surface area contributed by atoms with Crippen molar-refractivity contribution < 1.29 is 0 Å². The molecule has 1 aromatic heterocycles. The van der Waals surface area contributed by atoms with Gasteiger partial charge in [-0.15, -0.1) is 22.9 Å². The first kappa shape index (κ1) is 13.0. The van der Waals surface area contributed by atoms with Crippen LogP contribution in [0.4, 0.5) is 0 Å². The molecule has 0 aliphatic carbocycles. The molecule has 1 aromatic rings. The minimum atomic E-state index is 0.114. The highest BCUT2D eigenvalue weighted by molar-refractivity contribution is 9.13. The topological polar surface area (TPSA) is 0 Å². The lowest BCUT2D eigenvalue weighted by Crippen LogP contribution is -2.09. The molecular formula is C10H13Br2ClS. The number of hydrogen-bond acceptors (Lipinski definition) is 1. The molecule has 2 atom stereocenters. The van der Waals surface area contributed by atoms with Gasteiger partial charge in [-0.2, -0.15) is 0 Å². The molecule has 1 heterocycles. The van der Waals surface area contributed by atoms with Crippen LogP contribution in [0.3, 0.4) is 0 Å². The van der Waals surface area contributed by atoms with Crippen LogP contribution in [-0.4, -0.2) is 0 Å². The van der Waals surface area contributed by atoms with E-state index in [1.165, 1.54) is 4.88 Å². The summed E-state index contributed by atoms with van der Waals surface area (Å²) in [6.45, 7) is 6.61. The van der Waals surface area contributed by atoms with Gasteiger partial charge >= 0.3 is 0 Å². The lowest BCUT2D eigenvalue weighted by Gasteiger charge is -2.20. The second-order valence-electron chi connectivity index (χ2n) is 3.78. The summed E-state index contributed by atoms with van der Waals surface area (Å²) in [6.07, 6.45) is 0. The molecule has 0 fully saturated rings. The van der Waals surface area contributed by atoms with Gasteiger partial charge in [0.15, 0.2) is 0 Å². The van der Waals surface area contributed by atoms with Crippen LogP contribution in [0.5, 0.6) is 0 Å². The first-order valence-electron chi connectivity index (χ1n) is 4.52. The summed E-state index contributed by atoms with van der Waals surface area (Å²) in [5, 5.41) is 0.114. The lowest BCUT2D eigenvalue weighted by molar-refractivity contribution is 0.409. The Hall–Kier alpha value is 0.950. The van der Waals surface area contributed by atoms with Crippen molar-refractivity contribution in [2.45, 2.75) is 26.1 Å². The molecule has 0 radical (unpaired) electrons. The Morgan fingerprint density at radius 2 is 1.86 bits per heavy atom. The van der Waals surface area contributed by atoms with E-state index in [4.69, 9.17) is 11.6 Å². The zero-order chi connectivity index (χ0) is 10.9. The van der Waals surface area contributed by atoms with Crippen LogP contribution in [0.1, 0.15) is 31.0 Å². The van der Waals surface area contributed by atoms with E-state index in [2.05, 4.69) is 58.7 Å². The number of thiophene rings is 1. The van der Waals surface area contributed by atoms with Crippen molar-refractivity contribution in [3.05, 3.63) is 19.2 Å². The third-order valence-corrected chi connectivity index (χ3v) is 6.55. The molecule has 0 N–H and O–H groups in total. The smallest absolute Gasteiger partial charge is 0.0843 e. The SMILES string of the molecule is CC(C)C(C)C(Cl)c1cc(Br)c(Br)s1. The van der Waals surface area contributed by atoms with Crippen molar-refractivity contribution in [2.24, 2.45) is 11.8 Å². The number of rotatable bonds is 3. The van der Waals surface area contributed by atoms with Crippen LogP contribution in [-0.2, 0) is 0 Å². The van der Waals surface area contributed by atoms with Crippen molar-refractivity contribution in [1.82, 2.24) is 0 Å². The summed E-state index contributed by atoms with van der Waals surface area (Å²) in [5.41, 5.74) is 0. The Balaban J connectivity index is 2.83. The predicted molar refractivity (Wildman–Crippen MR) is 72.3 cm³/mol. The summed E-state index contributed by atoms with van der Waals surface area (Å²) in [7, 11) is 0. The predicted octanol–water partition coefficient (Wildman–Crippen LogP) is 5.85. The van der Waals surface area contributed by atoms with Crippen molar-refractivity contribution in [3.8, 4) is 0 Å². The molecule has 80 valence electrons. The van der Waals surface area contributed by atoms with Crippen molar-refractivity contribution in [3.63, 3.8) is 0 Å². The second kappa shape index (κ2) is 5.33. The van der Waals surface area contributed by atoms with E-state index in [0.29, 0.717) is 11.8 Å². The molecule has 0 aliphatic heterocycles. The average Bonchev–Trinajstić information content (AvgIpc) is 2.44. The summed E-state index contributed by atoms with van der Waals surface area (Å²) in [5.74, 6) is 1.10. The Morgan fingerprint density at radius 1 is 1.29 bits per heavy atom. The molecule has 0 saturated carbocycles. The molecule has 14 heavy (non-hydrogen) atoms. The summed E-state index contributed by atoms with van der Waals surface area (Å²) >= 11 is 15.1. The molecule has 0 nitrogen and oxygen atoms in total. The van der Waals surface area contributed by atoms with E-state index < -0.39 is 0 Å². The van der Waals surface area contributed by atoms with Gasteiger partial charge in [0.25, 0.3) is 0 Å². The van der Waals surface area contributed by atoms with Crippen LogP contribution >= 0.6 is 54.8 Å². The van der Waals surface area contributed by atoms with Crippen molar-refractivity contribution in [2.75, 3.05) is 0 Å². The van der Waals surface area contributed by atoms with E-state index in [1.807, 2.05) is 0 Å². The molecule has 1 rings (SSSR count). The molecule has 0 aliphatic rings. The lowest BCUT2D eigenvalue weighted by atomic mass is 9.94. The van der Waals surface area contributed by atoms with Crippen LogP contribution in [0.15, 0.2) is 14.3 Å². The van der Waals surface area contributed by atoms with Crippen LogP contribution in [0, 0.1) is 11.8 Å². The third-order valence-electron chi connectivity index (χ3n) is 2.45. The van der Waals surface area contributed by atoms with Gasteiger partial charge in [0.05, 0.1) is 9.16 Å². The largest absolute Gasteiger partial charge is 0.130 e. The Labute approximate surface area is 111 Å². The number of halogens is 3. The van der Waals surface area contributed by atoms with Crippen LogP contribution in [0.2, 0.25) is 0 Å². The Kier molecular flexibility index (Phi) is 4.96. The highest BCUT2D eigenvalue weighted by Crippen LogP contribution is 2.42. The normalized spacial score (nSPS) is 15.9. The number of alkyl halides is 1. The molecule has 0 bridgehead atoms. The molecular weight excluding hydrogens is 347 g/mol. The number of hydrogen-bond donors (Lipinski definition) is 0. The summed E-state index contributed by atoms with van der Waals surface area (Å²) < 4.78 is 2.22. The van der Waals surface area contributed by atoms with Gasteiger partial charge in [0, 0.05) is 9.35 Å². The fourth-order valence-corrected chi connectivity index (χ4v) is 3.77. The van der Waals surface area contributed by atoms with Crippen molar-refractivity contribution >= 4 is 54.8 Å². The maximum Gasteiger partial charge on any atom is 0.0843 e. The minimum absolute atomic E-state index is 0.114. The fourth-order valence-electron chi connectivity index (χ4n) is 1.10. The van der Waals surface area contributed by atoms with E-state index >= 15 is 0 Å². The molecule has 0 saturated heterocycles. The average molecular weight is 361 g/mol. The zero-order valence-electron chi connectivity index (χ0n) is 8.35. The second-order valence-corrected chi connectivity index (χ2v) is 7.50. The van der Waals surface area contributed by atoms with Gasteiger partial charge in [-0.25, -0.2) is 0 Å². The Bertz CT molecular complexity index is 290. The molecule has 0 spiro atoms. The van der Waals surface area contributed by atoms with E-state index in [0.717, 1.165) is 8.26 Å².